The molecule has 0 bridgehead atoms. The number of allylic oxidation sites excluding steroid dienone is 8. The fraction of sp³-hybridized carbons (Fsp3) is 0.0714. The van der Waals surface area contributed by atoms with Crippen LogP contribution in [0.15, 0.2) is 97.1 Å². The highest BCUT2D eigenvalue weighted by molar-refractivity contribution is 6.25. The standard InChI is InChI=1S/C28H18/c1-3-16-28-17-4-2-15-24(28)27-22-13-6-9-18-8-5-10-19(25(18)22)20-11-7-12-21(26(20)27)23(28)14-1/h1-15,17H,16H2. The second kappa shape index (κ2) is 4.91. The Hall–Kier alpha value is -3.38. The normalized spacial score (nSPS) is 22.0. The number of rotatable bonds is 0. The summed E-state index contributed by atoms with van der Waals surface area (Å²) in [5, 5.41) is 9.70. The third-order valence-corrected chi connectivity index (χ3v) is 6.89. The third kappa shape index (κ3) is 1.55. The van der Waals surface area contributed by atoms with E-state index in [0.717, 1.165) is 6.42 Å². The zero-order valence-corrected chi connectivity index (χ0v) is 15.4. The van der Waals surface area contributed by atoms with Gasteiger partial charge in [-0.3, -0.25) is 0 Å². The van der Waals surface area contributed by atoms with E-state index in [1.165, 1.54) is 54.2 Å². The lowest BCUT2D eigenvalue weighted by Gasteiger charge is -2.41. The van der Waals surface area contributed by atoms with Gasteiger partial charge in [0, 0.05) is 5.41 Å². The van der Waals surface area contributed by atoms with Crippen LogP contribution in [-0.2, 0) is 0 Å². The van der Waals surface area contributed by atoms with Crippen LogP contribution in [0.3, 0.4) is 0 Å². The van der Waals surface area contributed by atoms with E-state index in [2.05, 4.69) is 97.1 Å². The fourth-order valence-electron chi connectivity index (χ4n) is 5.80. The highest BCUT2D eigenvalue weighted by atomic mass is 14.4. The Kier molecular flexibility index (Phi) is 2.57. The van der Waals surface area contributed by atoms with Crippen LogP contribution in [0.4, 0.5) is 0 Å². The van der Waals surface area contributed by atoms with E-state index in [1.54, 1.807) is 0 Å². The lowest BCUT2D eigenvalue weighted by atomic mass is 9.61. The van der Waals surface area contributed by atoms with Crippen molar-refractivity contribution in [3.8, 4) is 0 Å². The van der Waals surface area contributed by atoms with E-state index in [0.29, 0.717) is 0 Å². The summed E-state index contributed by atoms with van der Waals surface area (Å²) < 4.78 is 0. The van der Waals surface area contributed by atoms with E-state index in [1.807, 2.05) is 0 Å². The van der Waals surface area contributed by atoms with Gasteiger partial charge in [-0.1, -0.05) is 97.1 Å². The van der Waals surface area contributed by atoms with Crippen molar-refractivity contribution in [1.82, 2.24) is 0 Å². The molecule has 1 unspecified atom stereocenters. The molecule has 0 N–H and O–H groups in total. The number of hydrogen-bond acceptors (Lipinski definition) is 0. The van der Waals surface area contributed by atoms with Gasteiger partial charge in [-0.25, -0.2) is 0 Å². The topological polar surface area (TPSA) is 0 Å². The molecule has 0 heteroatoms. The van der Waals surface area contributed by atoms with Crippen molar-refractivity contribution < 1.29 is 0 Å². The molecule has 0 aromatic heterocycles. The quantitative estimate of drug-likeness (QED) is 0.250. The van der Waals surface area contributed by atoms with Gasteiger partial charge in [0.2, 0.25) is 0 Å². The molecular formula is C28H18. The molecule has 130 valence electrons. The Morgan fingerprint density at radius 2 is 1.50 bits per heavy atom. The van der Waals surface area contributed by atoms with Crippen LogP contribution >= 0.6 is 0 Å². The van der Waals surface area contributed by atoms with Gasteiger partial charge >= 0.3 is 0 Å². The highest BCUT2D eigenvalue weighted by Crippen LogP contribution is 2.54. The predicted octanol–water partition coefficient (Wildman–Crippen LogP) is 6.49. The highest BCUT2D eigenvalue weighted by Gasteiger charge is 2.40. The number of hydrogen-bond donors (Lipinski definition) is 0. The minimum absolute atomic E-state index is 0.0428. The summed E-state index contributed by atoms with van der Waals surface area (Å²) in [6, 6.07) is 20.4. The van der Waals surface area contributed by atoms with Crippen molar-refractivity contribution in [2.75, 3.05) is 0 Å². The SMILES string of the molecule is C1=CCC23C=CC=CC2=c2c4cccc5cccc(c6cccc(c26)C3=C1)c54. The Morgan fingerprint density at radius 3 is 2.39 bits per heavy atom. The van der Waals surface area contributed by atoms with Crippen molar-refractivity contribution in [3.05, 3.63) is 108 Å². The van der Waals surface area contributed by atoms with Crippen molar-refractivity contribution in [1.29, 1.82) is 0 Å². The minimum Gasteiger partial charge on any atom is -0.0830 e. The summed E-state index contributed by atoms with van der Waals surface area (Å²) in [6.45, 7) is 0. The maximum absolute atomic E-state index is 2.42. The molecule has 0 heterocycles. The van der Waals surface area contributed by atoms with E-state index >= 15 is 0 Å². The first kappa shape index (κ1) is 14.6. The van der Waals surface area contributed by atoms with Crippen LogP contribution in [0.25, 0.3) is 43.5 Å². The largest absolute Gasteiger partial charge is 0.0830 e. The predicted molar refractivity (Wildman–Crippen MR) is 120 cm³/mol. The summed E-state index contributed by atoms with van der Waals surface area (Å²) in [6.07, 6.45) is 17.1. The van der Waals surface area contributed by atoms with Crippen LogP contribution in [0, 0.1) is 5.41 Å². The summed E-state index contributed by atoms with van der Waals surface area (Å²) >= 11 is 0. The van der Waals surface area contributed by atoms with Crippen molar-refractivity contribution in [2.24, 2.45) is 5.41 Å². The van der Waals surface area contributed by atoms with Gasteiger partial charge in [-0.2, -0.15) is 0 Å². The summed E-state index contributed by atoms with van der Waals surface area (Å²) in [7, 11) is 0. The molecule has 3 aliphatic carbocycles. The monoisotopic (exact) mass is 354 g/mol. The van der Waals surface area contributed by atoms with E-state index < -0.39 is 0 Å². The van der Waals surface area contributed by atoms with Gasteiger partial charge in [0.05, 0.1) is 0 Å². The molecule has 4 aromatic carbocycles. The average Bonchev–Trinajstić information content (AvgIpc) is 2.76. The smallest absolute Gasteiger partial charge is 0.0431 e. The molecule has 1 spiro atoms. The number of benzene rings is 4. The van der Waals surface area contributed by atoms with Gasteiger partial charge in [0.1, 0.15) is 0 Å². The molecule has 0 amide bonds. The minimum atomic E-state index is -0.0428. The van der Waals surface area contributed by atoms with Crippen molar-refractivity contribution in [3.63, 3.8) is 0 Å². The second-order valence-corrected chi connectivity index (χ2v) is 8.13. The van der Waals surface area contributed by atoms with Crippen LogP contribution in [0.1, 0.15) is 12.0 Å². The second-order valence-electron chi connectivity index (χ2n) is 8.13. The Bertz CT molecular complexity index is 1520. The number of fused-ring (bicyclic) bond motifs is 3. The lowest BCUT2D eigenvalue weighted by molar-refractivity contribution is 0.674. The Labute approximate surface area is 163 Å². The van der Waals surface area contributed by atoms with Gasteiger partial charge in [-0.15, -0.1) is 0 Å². The van der Waals surface area contributed by atoms with Crippen LogP contribution in [-0.4, -0.2) is 0 Å². The molecule has 0 aliphatic heterocycles. The first-order valence-electron chi connectivity index (χ1n) is 10.0. The third-order valence-electron chi connectivity index (χ3n) is 6.89. The van der Waals surface area contributed by atoms with Gasteiger partial charge in [0.15, 0.2) is 0 Å². The summed E-state index contributed by atoms with van der Waals surface area (Å²) in [5.41, 5.74) is 4.25. The zero-order chi connectivity index (χ0) is 18.3. The molecule has 0 nitrogen and oxygen atoms in total. The Morgan fingerprint density at radius 1 is 0.714 bits per heavy atom. The lowest BCUT2D eigenvalue weighted by Crippen LogP contribution is -2.33. The molecule has 0 saturated heterocycles. The molecule has 4 aromatic rings. The maximum Gasteiger partial charge on any atom is 0.0431 e. The van der Waals surface area contributed by atoms with E-state index in [-0.39, 0.29) is 5.41 Å². The van der Waals surface area contributed by atoms with Gasteiger partial charge in [0.25, 0.3) is 0 Å². The van der Waals surface area contributed by atoms with Gasteiger partial charge in [-0.05, 0) is 60.7 Å². The Balaban J connectivity index is 1.91. The van der Waals surface area contributed by atoms with Crippen molar-refractivity contribution >= 4 is 43.5 Å². The van der Waals surface area contributed by atoms with E-state index in [9.17, 15) is 0 Å². The van der Waals surface area contributed by atoms with Crippen LogP contribution in [0.2, 0.25) is 0 Å². The molecule has 0 radical (unpaired) electrons. The average molecular weight is 354 g/mol. The summed E-state index contributed by atoms with van der Waals surface area (Å²) in [5.74, 6) is 0. The van der Waals surface area contributed by atoms with E-state index in [4.69, 9.17) is 0 Å². The van der Waals surface area contributed by atoms with Crippen LogP contribution in [0.5, 0.6) is 0 Å². The fourth-order valence-corrected chi connectivity index (χ4v) is 5.80. The van der Waals surface area contributed by atoms with Crippen LogP contribution < -0.4 is 5.22 Å². The zero-order valence-electron chi connectivity index (χ0n) is 15.4. The molecule has 3 aliphatic rings. The van der Waals surface area contributed by atoms with Crippen molar-refractivity contribution in [2.45, 2.75) is 6.42 Å². The summed E-state index contributed by atoms with van der Waals surface area (Å²) in [4.78, 5) is 0. The van der Waals surface area contributed by atoms with Gasteiger partial charge < -0.3 is 0 Å². The molecule has 1 atom stereocenters. The maximum atomic E-state index is 2.42. The molecule has 0 fully saturated rings. The molecule has 28 heavy (non-hydrogen) atoms. The first-order valence-corrected chi connectivity index (χ1v) is 10.0. The molecular weight excluding hydrogens is 336 g/mol. The molecule has 0 saturated carbocycles. The first-order chi connectivity index (χ1) is 13.9. The molecule has 7 rings (SSSR count).